The minimum atomic E-state index is -0.512. The van der Waals surface area contributed by atoms with Crippen LogP contribution in [-0.4, -0.2) is 30.4 Å². The topological polar surface area (TPSA) is 75.7 Å². The fourth-order valence-electron chi connectivity index (χ4n) is 3.60. The van der Waals surface area contributed by atoms with E-state index in [1.807, 2.05) is 31.2 Å². The zero-order chi connectivity index (χ0) is 20.5. The summed E-state index contributed by atoms with van der Waals surface area (Å²) in [5, 5.41) is 3.82. The summed E-state index contributed by atoms with van der Waals surface area (Å²) in [6, 6.07) is 14.5. The predicted octanol–water partition coefficient (Wildman–Crippen LogP) is 4.13. The van der Waals surface area contributed by atoms with Gasteiger partial charge in [0.2, 0.25) is 5.91 Å². The highest BCUT2D eigenvalue weighted by atomic mass is 32.1. The number of amides is 2. The molecule has 1 aliphatic rings. The lowest BCUT2D eigenvalue weighted by Crippen LogP contribution is -2.41. The monoisotopic (exact) mass is 408 g/mol. The molecule has 0 radical (unpaired) electrons. The van der Waals surface area contributed by atoms with Gasteiger partial charge in [0.1, 0.15) is 4.88 Å². The van der Waals surface area contributed by atoms with Crippen molar-refractivity contribution in [3.63, 3.8) is 0 Å². The second-order valence-electron chi connectivity index (χ2n) is 7.01. The van der Waals surface area contributed by atoms with Crippen LogP contribution in [0.15, 0.2) is 48.5 Å². The van der Waals surface area contributed by atoms with Crippen LogP contribution in [0.2, 0.25) is 0 Å². The highest BCUT2D eigenvalue weighted by Crippen LogP contribution is 2.32. The Morgan fingerprint density at radius 2 is 1.90 bits per heavy atom. The molecular formula is C22H20N2O4S. The maximum atomic E-state index is 12.9. The smallest absolute Gasteiger partial charge is 0.349 e. The first kappa shape index (κ1) is 19.1. The molecule has 1 aromatic heterocycles. The van der Waals surface area contributed by atoms with Gasteiger partial charge >= 0.3 is 5.97 Å². The first-order chi connectivity index (χ1) is 14.0. The van der Waals surface area contributed by atoms with Crippen LogP contribution in [0, 0.1) is 6.92 Å². The Balaban J connectivity index is 1.54. The van der Waals surface area contributed by atoms with E-state index in [2.05, 4.69) is 5.32 Å². The van der Waals surface area contributed by atoms with E-state index >= 15 is 0 Å². The quantitative estimate of drug-likeness (QED) is 0.661. The summed E-state index contributed by atoms with van der Waals surface area (Å²) in [6.45, 7) is 3.29. The van der Waals surface area contributed by atoms with Crippen molar-refractivity contribution in [3.05, 3.63) is 59.0 Å². The lowest BCUT2D eigenvalue weighted by Gasteiger charge is -2.27. The SMILES string of the molecule is Cc1c(C(=O)OCC(=O)N2c3ccccc3NC(=O)C[C@@H]2C)sc2ccccc12. The zero-order valence-corrected chi connectivity index (χ0v) is 16.9. The van der Waals surface area contributed by atoms with Crippen molar-refractivity contribution in [2.75, 3.05) is 16.8 Å². The van der Waals surface area contributed by atoms with Gasteiger partial charge in [0.25, 0.3) is 5.91 Å². The number of hydrogen-bond acceptors (Lipinski definition) is 5. The number of fused-ring (bicyclic) bond motifs is 2. The van der Waals surface area contributed by atoms with Crippen LogP contribution < -0.4 is 10.2 Å². The number of anilines is 2. The summed E-state index contributed by atoms with van der Waals surface area (Å²) in [6.07, 6.45) is 0.170. The number of carbonyl (C=O) groups is 3. The molecule has 148 valence electrons. The number of thiophene rings is 1. The molecule has 1 N–H and O–H groups in total. The Labute approximate surface area is 172 Å². The third-order valence-electron chi connectivity index (χ3n) is 4.98. The van der Waals surface area contributed by atoms with E-state index in [0.29, 0.717) is 16.3 Å². The van der Waals surface area contributed by atoms with Gasteiger partial charge in [0.15, 0.2) is 6.61 Å². The molecule has 6 nitrogen and oxygen atoms in total. The van der Waals surface area contributed by atoms with Crippen LogP contribution >= 0.6 is 11.3 Å². The highest BCUT2D eigenvalue weighted by Gasteiger charge is 2.30. The van der Waals surface area contributed by atoms with E-state index in [4.69, 9.17) is 4.74 Å². The lowest BCUT2D eigenvalue weighted by molar-refractivity contribution is -0.122. The minimum absolute atomic E-state index is 0.154. The number of esters is 1. The van der Waals surface area contributed by atoms with Gasteiger partial charge < -0.3 is 15.0 Å². The molecule has 4 rings (SSSR count). The van der Waals surface area contributed by atoms with Crippen molar-refractivity contribution >= 4 is 50.6 Å². The van der Waals surface area contributed by atoms with Crippen LogP contribution in [0.4, 0.5) is 11.4 Å². The average Bonchev–Trinajstić information content (AvgIpc) is 2.97. The second kappa shape index (κ2) is 7.67. The maximum absolute atomic E-state index is 12.9. The molecule has 0 aliphatic carbocycles. The molecular weight excluding hydrogens is 388 g/mol. The molecule has 0 bridgehead atoms. The Morgan fingerprint density at radius 1 is 1.17 bits per heavy atom. The van der Waals surface area contributed by atoms with Crippen LogP contribution in [0.1, 0.15) is 28.6 Å². The molecule has 0 saturated carbocycles. The number of carbonyl (C=O) groups excluding carboxylic acids is 3. The third kappa shape index (κ3) is 3.61. The van der Waals surface area contributed by atoms with E-state index in [-0.39, 0.29) is 30.9 Å². The lowest BCUT2D eigenvalue weighted by atomic mass is 10.1. The molecule has 2 aromatic carbocycles. The fourth-order valence-corrected chi connectivity index (χ4v) is 4.70. The first-order valence-electron chi connectivity index (χ1n) is 9.32. The summed E-state index contributed by atoms with van der Waals surface area (Å²) in [5.74, 6) is -1.03. The summed E-state index contributed by atoms with van der Waals surface area (Å²) in [7, 11) is 0. The van der Waals surface area contributed by atoms with Gasteiger partial charge in [0.05, 0.1) is 11.4 Å². The van der Waals surface area contributed by atoms with Crippen LogP contribution in [-0.2, 0) is 14.3 Å². The predicted molar refractivity (Wildman–Crippen MR) is 113 cm³/mol. The Hall–Kier alpha value is -3.19. The summed E-state index contributed by atoms with van der Waals surface area (Å²) in [4.78, 5) is 39.6. The third-order valence-corrected chi connectivity index (χ3v) is 6.24. The van der Waals surface area contributed by atoms with E-state index in [1.165, 1.54) is 16.2 Å². The molecule has 0 fully saturated rings. The Kier molecular flexibility index (Phi) is 5.07. The van der Waals surface area contributed by atoms with Gasteiger partial charge in [0, 0.05) is 17.2 Å². The van der Waals surface area contributed by atoms with Crippen LogP contribution in [0.25, 0.3) is 10.1 Å². The number of nitrogens with zero attached hydrogens (tertiary/aromatic N) is 1. The van der Waals surface area contributed by atoms with Crippen molar-refractivity contribution in [3.8, 4) is 0 Å². The van der Waals surface area contributed by atoms with Gasteiger partial charge in [-0.25, -0.2) is 4.79 Å². The van der Waals surface area contributed by atoms with Crippen molar-refractivity contribution in [1.29, 1.82) is 0 Å². The van der Waals surface area contributed by atoms with Crippen molar-refractivity contribution < 1.29 is 19.1 Å². The molecule has 29 heavy (non-hydrogen) atoms. The van der Waals surface area contributed by atoms with Gasteiger partial charge in [-0.05, 0) is 43.0 Å². The number of benzene rings is 2. The molecule has 1 atom stereocenters. The van der Waals surface area contributed by atoms with E-state index < -0.39 is 5.97 Å². The molecule has 7 heteroatoms. The van der Waals surface area contributed by atoms with E-state index in [1.54, 1.807) is 31.2 Å². The Morgan fingerprint density at radius 3 is 2.69 bits per heavy atom. The van der Waals surface area contributed by atoms with Gasteiger partial charge in [-0.15, -0.1) is 11.3 Å². The zero-order valence-electron chi connectivity index (χ0n) is 16.1. The summed E-state index contributed by atoms with van der Waals surface area (Å²) < 4.78 is 6.36. The molecule has 2 amide bonds. The maximum Gasteiger partial charge on any atom is 0.349 e. The number of rotatable bonds is 3. The fraction of sp³-hybridized carbons (Fsp3) is 0.227. The number of para-hydroxylation sites is 2. The van der Waals surface area contributed by atoms with Gasteiger partial charge in [-0.3, -0.25) is 9.59 Å². The molecule has 2 heterocycles. The number of hydrogen-bond donors (Lipinski definition) is 1. The number of nitrogens with one attached hydrogen (secondary N) is 1. The minimum Gasteiger partial charge on any atom is -0.451 e. The van der Waals surface area contributed by atoms with Crippen LogP contribution in [0.3, 0.4) is 0 Å². The van der Waals surface area contributed by atoms with Crippen molar-refractivity contribution in [1.82, 2.24) is 0 Å². The standard InChI is InChI=1S/C22H20N2O4S/c1-13-11-19(25)23-16-8-4-5-9-17(16)24(13)20(26)12-28-22(27)21-14(2)15-7-3-6-10-18(15)29-21/h3-10,13H,11-12H2,1-2H3,(H,23,25)/t13-/m0/s1. The molecule has 0 saturated heterocycles. The number of ether oxygens (including phenoxy) is 1. The van der Waals surface area contributed by atoms with Crippen molar-refractivity contribution in [2.45, 2.75) is 26.3 Å². The number of aryl methyl sites for hydroxylation is 1. The van der Waals surface area contributed by atoms with Gasteiger partial charge in [-0.2, -0.15) is 0 Å². The van der Waals surface area contributed by atoms with Crippen LogP contribution in [0.5, 0.6) is 0 Å². The average molecular weight is 408 g/mol. The second-order valence-corrected chi connectivity index (χ2v) is 8.06. The normalized spacial score (nSPS) is 16.1. The highest BCUT2D eigenvalue weighted by molar-refractivity contribution is 7.21. The summed E-state index contributed by atoms with van der Waals surface area (Å²) in [5.41, 5.74) is 2.03. The molecule has 3 aromatic rings. The van der Waals surface area contributed by atoms with E-state index in [9.17, 15) is 14.4 Å². The summed E-state index contributed by atoms with van der Waals surface area (Å²) >= 11 is 1.36. The molecule has 0 unspecified atom stereocenters. The molecule has 0 spiro atoms. The Bertz CT molecular complexity index is 1120. The largest absolute Gasteiger partial charge is 0.451 e. The molecule has 1 aliphatic heterocycles. The van der Waals surface area contributed by atoms with Crippen molar-refractivity contribution in [2.24, 2.45) is 0 Å². The van der Waals surface area contributed by atoms with Gasteiger partial charge in [-0.1, -0.05) is 30.3 Å². The first-order valence-corrected chi connectivity index (χ1v) is 10.1. The van der Waals surface area contributed by atoms with E-state index in [0.717, 1.165) is 15.6 Å².